The Balaban J connectivity index is 2.04. The first-order valence-corrected chi connectivity index (χ1v) is 8.14. The Morgan fingerprint density at radius 1 is 1.14 bits per heavy atom. The summed E-state index contributed by atoms with van der Waals surface area (Å²) in [5.41, 5.74) is 2.10. The summed E-state index contributed by atoms with van der Waals surface area (Å²) in [5, 5.41) is 9.39. The van der Waals surface area contributed by atoms with Crippen molar-refractivity contribution in [3.8, 4) is 6.07 Å². The Bertz CT molecular complexity index is 503. The Labute approximate surface area is 128 Å². The van der Waals surface area contributed by atoms with Crippen LogP contribution in [-0.4, -0.2) is 5.78 Å². The number of ketones is 1. The first kappa shape index (κ1) is 15.8. The van der Waals surface area contributed by atoms with Gasteiger partial charge in [0, 0.05) is 6.42 Å². The molecule has 2 nitrogen and oxygen atoms in total. The third kappa shape index (κ3) is 4.17. The van der Waals surface area contributed by atoms with Crippen LogP contribution in [0.4, 0.5) is 0 Å². The van der Waals surface area contributed by atoms with E-state index < -0.39 is 5.92 Å². The second-order valence-electron chi connectivity index (χ2n) is 6.56. The highest BCUT2D eigenvalue weighted by atomic mass is 16.1. The summed E-state index contributed by atoms with van der Waals surface area (Å²) in [6.07, 6.45) is 6.63. The van der Waals surface area contributed by atoms with Gasteiger partial charge in [-0.05, 0) is 23.0 Å². The number of rotatable bonds is 5. The lowest BCUT2D eigenvalue weighted by atomic mass is 9.82. The molecule has 0 saturated heterocycles. The molecule has 0 N–H and O–H groups in total. The molecular formula is C19H25NO. The SMILES string of the molecule is CC(C)c1ccc(C(C#N)C(=O)CC2CCCCC2)cc1. The predicted octanol–water partition coefficient (Wildman–Crippen LogP) is 4.96. The molecule has 1 fully saturated rings. The number of carbonyl (C=O) groups is 1. The van der Waals surface area contributed by atoms with Gasteiger partial charge in [-0.1, -0.05) is 70.2 Å². The smallest absolute Gasteiger partial charge is 0.154 e. The lowest BCUT2D eigenvalue weighted by molar-refractivity contribution is -0.120. The molecule has 1 aromatic carbocycles. The maximum absolute atomic E-state index is 12.4. The minimum absolute atomic E-state index is 0.0988. The van der Waals surface area contributed by atoms with Crippen LogP contribution in [-0.2, 0) is 4.79 Å². The normalized spacial score (nSPS) is 17.4. The summed E-state index contributed by atoms with van der Waals surface area (Å²) < 4.78 is 0. The Hall–Kier alpha value is -1.62. The fourth-order valence-electron chi connectivity index (χ4n) is 3.20. The van der Waals surface area contributed by atoms with Crippen molar-refractivity contribution in [2.45, 2.75) is 64.2 Å². The molecule has 1 unspecified atom stereocenters. The van der Waals surface area contributed by atoms with E-state index in [1.54, 1.807) is 0 Å². The van der Waals surface area contributed by atoms with Crippen molar-refractivity contribution < 1.29 is 4.79 Å². The van der Waals surface area contributed by atoms with Crippen LogP contribution in [0.15, 0.2) is 24.3 Å². The first-order valence-electron chi connectivity index (χ1n) is 8.14. The van der Waals surface area contributed by atoms with Gasteiger partial charge in [0.05, 0.1) is 6.07 Å². The van der Waals surface area contributed by atoms with Crippen molar-refractivity contribution in [1.82, 2.24) is 0 Å². The number of carbonyl (C=O) groups excluding carboxylic acids is 1. The number of Topliss-reactive ketones (excluding diaryl/α,β-unsaturated/α-hetero) is 1. The van der Waals surface area contributed by atoms with Crippen molar-refractivity contribution in [3.63, 3.8) is 0 Å². The van der Waals surface area contributed by atoms with Crippen LogP contribution in [0.1, 0.15) is 75.3 Å². The van der Waals surface area contributed by atoms with Crippen LogP contribution >= 0.6 is 0 Å². The molecule has 2 rings (SSSR count). The lowest BCUT2D eigenvalue weighted by Gasteiger charge is -2.21. The molecular weight excluding hydrogens is 258 g/mol. The third-order valence-corrected chi connectivity index (χ3v) is 4.60. The van der Waals surface area contributed by atoms with E-state index in [1.807, 2.05) is 24.3 Å². The van der Waals surface area contributed by atoms with Crippen LogP contribution < -0.4 is 0 Å². The lowest BCUT2D eigenvalue weighted by Crippen LogP contribution is -2.17. The average molecular weight is 283 g/mol. The molecule has 0 radical (unpaired) electrons. The van der Waals surface area contributed by atoms with Crippen molar-refractivity contribution >= 4 is 5.78 Å². The molecule has 112 valence electrons. The van der Waals surface area contributed by atoms with Crippen LogP contribution in [0.2, 0.25) is 0 Å². The van der Waals surface area contributed by atoms with Gasteiger partial charge in [0.15, 0.2) is 5.78 Å². The summed E-state index contributed by atoms with van der Waals surface area (Å²) in [7, 11) is 0. The maximum atomic E-state index is 12.4. The van der Waals surface area contributed by atoms with E-state index in [0.29, 0.717) is 18.3 Å². The van der Waals surface area contributed by atoms with E-state index in [9.17, 15) is 10.1 Å². The third-order valence-electron chi connectivity index (χ3n) is 4.60. The predicted molar refractivity (Wildman–Crippen MR) is 85.1 cm³/mol. The van der Waals surface area contributed by atoms with E-state index in [-0.39, 0.29) is 5.78 Å². The zero-order valence-electron chi connectivity index (χ0n) is 13.1. The molecule has 0 amide bonds. The molecule has 1 atom stereocenters. The quantitative estimate of drug-likeness (QED) is 0.766. The molecule has 1 aliphatic carbocycles. The van der Waals surface area contributed by atoms with Gasteiger partial charge in [-0.3, -0.25) is 4.79 Å². The van der Waals surface area contributed by atoms with Crippen LogP contribution in [0.25, 0.3) is 0 Å². The molecule has 0 bridgehead atoms. The Kier molecular flexibility index (Phi) is 5.56. The number of hydrogen-bond acceptors (Lipinski definition) is 2. The van der Waals surface area contributed by atoms with E-state index in [4.69, 9.17) is 0 Å². The van der Waals surface area contributed by atoms with Gasteiger partial charge in [-0.15, -0.1) is 0 Å². The highest BCUT2D eigenvalue weighted by Gasteiger charge is 2.24. The second-order valence-corrected chi connectivity index (χ2v) is 6.56. The molecule has 0 aromatic heterocycles. The maximum Gasteiger partial charge on any atom is 0.154 e. The minimum Gasteiger partial charge on any atom is -0.298 e. The van der Waals surface area contributed by atoms with E-state index in [2.05, 4.69) is 19.9 Å². The Morgan fingerprint density at radius 2 is 1.71 bits per heavy atom. The van der Waals surface area contributed by atoms with Crippen molar-refractivity contribution in [3.05, 3.63) is 35.4 Å². The molecule has 2 heteroatoms. The number of hydrogen-bond donors (Lipinski definition) is 0. The first-order chi connectivity index (χ1) is 10.1. The largest absolute Gasteiger partial charge is 0.298 e. The second kappa shape index (κ2) is 7.41. The fourth-order valence-corrected chi connectivity index (χ4v) is 3.20. The summed E-state index contributed by atoms with van der Waals surface area (Å²) >= 11 is 0. The van der Waals surface area contributed by atoms with Gasteiger partial charge < -0.3 is 0 Å². The standard InChI is InChI=1S/C19H25NO/c1-14(2)16-8-10-17(11-9-16)18(13-20)19(21)12-15-6-4-3-5-7-15/h8-11,14-15,18H,3-7,12H2,1-2H3. The minimum atomic E-state index is -0.590. The highest BCUT2D eigenvalue weighted by molar-refractivity contribution is 5.88. The van der Waals surface area contributed by atoms with Crippen LogP contribution in [0, 0.1) is 17.2 Å². The number of nitriles is 1. The van der Waals surface area contributed by atoms with Gasteiger partial charge >= 0.3 is 0 Å². The Morgan fingerprint density at radius 3 is 2.24 bits per heavy atom. The zero-order valence-corrected chi connectivity index (χ0v) is 13.1. The molecule has 1 aromatic rings. The molecule has 0 spiro atoms. The molecule has 1 aliphatic rings. The van der Waals surface area contributed by atoms with Gasteiger partial charge in [0.2, 0.25) is 0 Å². The van der Waals surface area contributed by atoms with E-state index in [1.165, 1.54) is 24.8 Å². The highest BCUT2D eigenvalue weighted by Crippen LogP contribution is 2.29. The summed E-state index contributed by atoms with van der Waals surface area (Å²) in [6.45, 7) is 4.29. The summed E-state index contributed by atoms with van der Waals surface area (Å²) in [4.78, 5) is 12.4. The molecule has 0 heterocycles. The number of benzene rings is 1. The molecule has 21 heavy (non-hydrogen) atoms. The molecule has 0 aliphatic heterocycles. The number of nitrogens with zero attached hydrogens (tertiary/aromatic N) is 1. The van der Waals surface area contributed by atoms with E-state index >= 15 is 0 Å². The van der Waals surface area contributed by atoms with Crippen LogP contribution in [0.5, 0.6) is 0 Å². The van der Waals surface area contributed by atoms with Gasteiger partial charge in [0.1, 0.15) is 5.92 Å². The topological polar surface area (TPSA) is 40.9 Å². The summed E-state index contributed by atoms with van der Waals surface area (Å²) in [6, 6.07) is 10.2. The van der Waals surface area contributed by atoms with Gasteiger partial charge in [-0.25, -0.2) is 0 Å². The zero-order chi connectivity index (χ0) is 15.2. The fraction of sp³-hybridized carbons (Fsp3) is 0.579. The van der Waals surface area contributed by atoms with Crippen molar-refractivity contribution in [2.24, 2.45) is 5.92 Å². The summed E-state index contributed by atoms with van der Waals surface area (Å²) in [5.74, 6) is 0.476. The van der Waals surface area contributed by atoms with Gasteiger partial charge in [-0.2, -0.15) is 5.26 Å². The monoisotopic (exact) mass is 283 g/mol. The van der Waals surface area contributed by atoms with E-state index in [0.717, 1.165) is 18.4 Å². The van der Waals surface area contributed by atoms with Gasteiger partial charge in [0.25, 0.3) is 0 Å². The van der Waals surface area contributed by atoms with Crippen molar-refractivity contribution in [1.29, 1.82) is 5.26 Å². The van der Waals surface area contributed by atoms with Crippen LogP contribution in [0.3, 0.4) is 0 Å². The average Bonchev–Trinajstić information content (AvgIpc) is 2.49. The molecule has 1 saturated carbocycles. The van der Waals surface area contributed by atoms with Crippen molar-refractivity contribution in [2.75, 3.05) is 0 Å².